The summed E-state index contributed by atoms with van der Waals surface area (Å²) in [4.78, 5) is 24.3. The molecule has 0 spiro atoms. The number of aromatic carboxylic acids is 1. The molecule has 0 atom stereocenters. The van der Waals surface area contributed by atoms with Crippen LogP contribution >= 0.6 is 0 Å². The number of benzene rings is 1. The molecule has 1 aromatic heterocycles. The third-order valence-electron chi connectivity index (χ3n) is 2.89. The highest BCUT2D eigenvalue weighted by molar-refractivity contribution is 7.92. The number of carboxylic acid groups (broad SMARTS) is 1. The zero-order valence-corrected chi connectivity index (χ0v) is 12.6. The van der Waals surface area contributed by atoms with Crippen LogP contribution in [-0.2, 0) is 10.0 Å². The van der Waals surface area contributed by atoms with Gasteiger partial charge in [0.15, 0.2) is 0 Å². The Labute approximate surface area is 130 Å². The monoisotopic (exact) mass is 341 g/mol. The molecule has 0 aliphatic carbocycles. The van der Waals surface area contributed by atoms with Gasteiger partial charge in [-0.25, -0.2) is 17.6 Å². The van der Waals surface area contributed by atoms with E-state index in [0.29, 0.717) is 0 Å². The first-order valence-corrected chi connectivity index (χ1v) is 7.69. The van der Waals surface area contributed by atoms with Gasteiger partial charge in [0.25, 0.3) is 15.9 Å². The molecule has 0 aliphatic heterocycles. The molecule has 0 unspecified atom stereocenters. The maximum Gasteiger partial charge on any atom is 0.352 e. The van der Waals surface area contributed by atoms with Crippen LogP contribution in [0.3, 0.4) is 0 Å². The largest absolute Gasteiger partial charge is 0.477 e. The minimum absolute atomic E-state index is 0.0388. The number of sulfonamides is 1. The van der Waals surface area contributed by atoms with Crippen molar-refractivity contribution in [1.29, 1.82) is 0 Å². The minimum Gasteiger partial charge on any atom is -0.477 e. The van der Waals surface area contributed by atoms with E-state index in [1.54, 1.807) is 0 Å². The van der Waals surface area contributed by atoms with Crippen molar-refractivity contribution in [2.75, 3.05) is 11.8 Å². The Hall–Kier alpha value is -2.88. The summed E-state index contributed by atoms with van der Waals surface area (Å²) in [5.41, 5.74) is -0.661. The Morgan fingerprint density at radius 2 is 1.96 bits per heavy atom. The maximum absolute atomic E-state index is 13.5. The highest BCUT2D eigenvalue weighted by atomic mass is 32.2. The van der Waals surface area contributed by atoms with Gasteiger partial charge in [-0.15, -0.1) is 0 Å². The summed E-state index contributed by atoms with van der Waals surface area (Å²) in [5.74, 6) is -2.82. The molecule has 0 bridgehead atoms. The van der Waals surface area contributed by atoms with Crippen LogP contribution in [0.4, 0.5) is 10.1 Å². The lowest BCUT2D eigenvalue weighted by Gasteiger charge is -2.08. The summed E-state index contributed by atoms with van der Waals surface area (Å²) < 4.78 is 40.0. The molecule has 0 saturated heterocycles. The molecule has 0 aliphatic rings. The van der Waals surface area contributed by atoms with Crippen molar-refractivity contribution in [3.05, 3.63) is 47.5 Å². The first-order chi connectivity index (χ1) is 10.7. The van der Waals surface area contributed by atoms with Crippen LogP contribution < -0.4 is 10.0 Å². The summed E-state index contributed by atoms with van der Waals surface area (Å²) in [6, 6.07) is 4.07. The van der Waals surface area contributed by atoms with E-state index >= 15 is 0 Å². The number of rotatable bonds is 5. The molecule has 1 aromatic carbocycles. The summed E-state index contributed by atoms with van der Waals surface area (Å²) in [6.45, 7) is 0. The second kappa shape index (κ2) is 6.08. The van der Waals surface area contributed by atoms with Gasteiger partial charge in [0.2, 0.25) is 0 Å². The van der Waals surface area contributed by atoms with E-state index < -0.39 is 27.7 Å². The van der Waals surface area contributed by atoms with Crippen LogP contribution in [0.2, 0.25) is 0 Å². The highest BCUT2D eigenvalue weighted by Gasteiger charge is 2.19. The molecule has 8 nitrogen and oxygen atoms in total. The molecule has 1 amide bonds. The lowest BCUT2D eigenvalue weighted by molar-refractivity contribution is 0.0691. The number of aromatic amines is 1. The van der Waals surface area contributed by atoms with Gasteiger partial charge in [-0.1, -0.05) is 0 Å². The van der Waals surface area contributed by atoms with Crippen molar-refractivity contribution in [1.82, 2.24) is 10.3 Å². The molecular weight excluding hydrogens is 329 g/mol. The number of nitrogens with one attached hydrogen (secondary N) is 3. The zero-order valence-electron chi connectivity index (χ0n) is 11.8. The second-order valence-corrected chi connectivity index (χ2v) is 6.12. The van der Waals surface area contributed by atoms with Crippen LogP contribution in [0.1, 0.15) is 20.8 Å². The van der Waals surface area contributed by atoms with Crippen LogP contribution in [-0.4, -0.2) is 37.4 Å². The van der Waals surface area contributed by atoms with Gasteiger partial charge >= 0.3 is 5.97 Å². The molecule has 2 rings (SSSR count). The zero-order chi connectivity index (χ0) is 17.2. The highest BCUT2D eigenvalue weighted by Crippen LogP contribution is 2.20. The van der Waals surface area contributed by atoms with Crippen molar-refractivity contribution < 1.29 is 27.5 Å². The Kier molecular flexibility index (Phi) is 4.36. The number of hydrogen-bond donors (Lipinski definition) is 4. The number of carbonyl (C=O) groups is 2. The molecule has 0 fully saturated rings. The van der Waals surface area contributed by atoms with Gasteiger partial charge in [-0.2, -0.15) is 0 Å². The van der Waals surface area contributed by atoms with Gasteiger partial charge < -0.3 is 15.4 Å². The molecule has 1 heterocycles. The second-order valence-electron chi connectivity index (χ2n) is 4.43. The van der Waals surface area contributed by atoms with E-state index in [-0.39, 0.29) is 21.8 Å². The van der Waals surface area contributed by atoms with E-state index in [9.17, 15) is 22.4 Å². The van der Waals surface area contributed by atoms with Gasteiger partial charge in [0.05, 0.1) is 5.56 Å². The van der Waals surface area contributed by atoms with E-state index in [2.05, 4.69) is 15.0 Å². The number of carboxylic acids is 1. The molecule has 4 N–H and O–H groups in total. The molecule has 2 aromatic rings. The predicted octanol–water partition coefficient (Wildman–Crippen LogP) is 1.01. The van der Waals surface area contributed by atoms with Crippen LogP contribution in [0.5, 0.6) is 0 Å². The van der Waals surface area contributed by atoms with Crippen molar-refractivity contribution in [3.8, 4) is 0 Å². The van der Waals surface area contributed by atoms with Crippen LogP contribution in [0.25, 0.3) is 0 Å². The van der Waals surface area contributed by atoms with Crippen LogP contribution in [0, 0.1) is 5.82 Å². The Balaban J connectivity index is 2.33. The quantitative estimate of drug-likeness (QED) is 0.645. The fourth-order valence-corrected chi connectivity index (χ4v) is 2.81. The normalized spacial score (nSPS) is 11.0. The molecule has 23 heavy (non-hydrogen) atoms. The molecule has 0 radical (unpaired) electrons. The van der Waals surface area contributed by atoms with Crippen molar-refractivity contribution in [3.63, 3.8) is 0 Å². The number of anilines is 1. The van der Waals surface area contributed by atoms with Crippen molar-refractivity contribution >= 4 is 27.6 Å². The minimum atomic E-state index is -4.09. The lowest BCUT2D eigenvalue weighted by atomic mass is 10.2. The first kappa shape index (κ1) is 16.5. The van der Waals surface area contributed by atoms with E-state index in [0.717, 1.165) is 30.5 Å². The maximum atomic E-state index is 13.5. The third kappa shape index (κ3) is 3.48. The molecule has 10 heteroatoms. The van der Waals surface area contributed by atoms with Crippen LogP contribution in [0.15, 0.2) is 35.4 Å². The lowest BCUT2D eigenvalue weighted by Crippen LogP contribution is -2.20. The van der Waals surface area contributed by atoms with Crippen molar-refractivity contribution in [2.24, 2.45) is 0 Å². The first-order valence-electron chi connectivity index (χ1n) is 6.21. The van der Waals surface area contributed by atoms with Gasteiger partial charge in [0.1, 0.15) is 16.4 Å². The summed E-state index contributed by atoms with van der Waals surface area (Å²) in [7, 11) is -2.78. The topological polar surface area (TPSA) is 128 Å². The van der Waals surface area contributed by atoms with E-state index in [1.807, 2.05) is 0 Å². The van der Waals surface area contributed by atoms with E-state index in [1.165, 1.54) is 7.05 Å². The number of hydrogen-bond acceptors (Lipinski definition) is 4. The predicted molar refractivity (Wildman–Crippen MR) is 78.4 cm³/mol. The number of carbonyl (C=O) groups excluding carboxylic acids is 1. The molecule has 0 saturated carbocycles. The number of amides is 1. The van der Waals surface area contributed by atoms with Gasteiger partial charge in [-0.3, -0.25) is 9.52 Å². The Morgan fingerprint density at radius 1 is 1.26 bits per heavy atom. The number of H-pyrrole nitrogens is 1. The number of aromatic nitrogens is 1. The number of halogens is 1. The third-order valence-corrected chi connectivity index (χ3v) is 4.25. The summed E-state index contributed by atoms with van der Waals surface area (Å²) >= 11 is 0. The summed E-state index contributed by atoms with van der Waals surface area (Å²) in [6.07, 6.45) is 1.01. The smallest absolute Gasteiger partial charge is 0.352 e. The van der Waals surface area contributed by atoms with E-state index in [4.69, 9.17) is 5.11 Å². The summed E-state index contributed by atoms with van der Waals surface area (Å²) in [5, 5.41) is 11.0. The Morgan fingerprint density at radius 3 is 2.52 bits per heavy atom. The fourth-order valence-electron chi connectivity index (χ4n) is 1.76. The molecular formula is C13H12FN3O5S. The van der Waals surface area contributed by atoms with Gasteiger partial charge in [-0.05, 0) is 24.3 Å². The average molecular weight is 341 g/mol. The average Bonchev–Trinajstić information content (AvgIpc) is 2.99. The standard InChI is InChI=1S/C13H12FN3O5S/c1-15-12(18)9-4-7(2-3-10(9)14)17-23(21,22)8-5-11(13(19)20)16-6-8/h2-6,16-17H,1H3,(H,15,18)(H,19,20). The SMILES string of the molecule is CNC(=O)c1cc(NS(=O)(=O)c2c[nH]c(C(=O)O)c2)ccc1F. The Bertz CT molecular complexity index is 875. The van der Waals surface area contributed by atoms with Gasteiger partial charge in [0, 0.05) is 18.9 Å². The van der Waals surface area contributed by atoms with Crippen molar-refractivity contribution in [2.45, 2.75) is 4.90 Å². The molecule has 122 valence electrons. The fraction of sp³-hybridized carbons (Fsp3) is 0.0769.